The molecule has 0 atom stereocenters. The van der Waals surface area contributed by atoms with E-state index in [0.717, 1.165) is 16.2 Å². The lowest BCUT2D eigenvalue weighted by atomic mass is 10.4. The quantitative estimate of drug-likeness (QED) is 0.413. The molecule has 0 radical (unpaired) electrons. The highest BCUT2D eigenvalue weighted by Crippen LogP contribution is 2.23. The number of halogens is 1. The van der Waals surface area contributed by atoms with E-state index in [1.54, 1.807) is 11.6 Å². The Morgan fingerprint density at radius 2 is 2.13 bits per heavy atom. The molecular weight excluding hydrogens is 352 g/mol. The van der Waals surface area contributed by atoms with Crippen molar-refractivity contribution >= 4 is 50.6 Å². The van der Waals surface area contributed by atoms with E-state index in [1.165, 1.54) is 23.1 Å². The van der Waals surface area contributed by atoms with Gasteiger partial charge in [-0.2, -0.15) is 0 Å². The largest absolute Gasteiger partial charge is 0.305 e. The van der Waals surface area contributed by atoms with Crippen LogP contribution in [0.1, 0.15) is 5.69 Å². The van der Waals surface area contributed by atoms with Gasteiger partial charge < -0.3 is 4.40 Å². The van der Waals surface area contributed by atoms with Gasteiger partial charge in [-0.3, -0.25) is 9.36 Å². The van der Waals surface area contributed by atoms with E-state index in [0.29, 0.717) is 21.3 Å². The summed E-state index contributed by atoms with van der Waals surface area (Å²) in [4.78, 5) is 22.2. The highest BCUT2D eigenvalue weighted by Gasteiger charge is 2.11. The molecule has 0 aliphatic rings. The molecule has 0 saturated carbocycles. The topological polar surface area (TPSA) is 52.2 Å². The molecule has 0 amide bonds. The number of thioether (sulfide) groups is 1. The molecule has 0 N–H and O–H groups in total. The van der Waals surface area contributed by atoms with Crippen LogP contribution in [0.5, 0.6) is 0 Å². The zero-order chi connectivity index (χ0) is 16.0. The third-order valence-electron chi connectivity index (χ3n) is 3.48. The van der Waals surface area contributed by atoms with Crippen LogP contribution in [0.4, 0.5) is 0 Å². The van der Waals surface area contributed by atoms with Gasteiger partial charge in [0.2, 0.25) is 0 Å². The predicted octanol–water partition coefficient (Wildman–Crippen LogP) is 3.59. The summed E-state index contributed by atoms with van der Waals surface area (Å²) in [6.45, 7) is 0. The fourth-order valence-electron chi connectivity index (χ4n) is 2.33. The van der Waals surface area contributed by atoms with Crippen molar-refractivity contribution in [1.29, 1.82) is 0 Å². The van der Waals surface area contributed by atoms with E-state index in [9.17, 15) is 4.79 Å². The number of hydrogen-bond donors (Lipinski definition) is 0. The van der Waals surface area contributed by atoms with Crippen LogP contribution >= 0.6 is 34.7 Å². The van der Waals surface area contributed by atoms with Crippen LogP contribution in [0.2, 0.25) is 5.02 Å². The molecule has 4 aromatic heterocycles. The minimum absolute atomic E-state index is 0.0134. The van der Waals surface area contributed by atoms with Crippen molar-refractivity contribution in [3.63, 3.8) is 0 Å². The number of pyridine rings is 1. The van der Waals surface area contributed by atoms with Crippen molar-refractivity contribution in [2.24, 2.45) is 7.05 Å². The first-order valence-electron chi connectivity index (χ1n) is 6.82. The number of thiophene rings is 1. The monoisotopic (exact) mass is 362 g/mol. The third kappa shape index (κ3) is 2.65. The fraction of sp³-hybridized carbons (Fsp3) is 0.133. The molecule has 0 bridgehead atoms. The normalized spacial score (nSPS) is 11.6. The fourth-order valence-corrected chi connectivity index (χ4v) is 4.16. The number of fused-ring (bicyclic) bond motifs is 2. The maximum atomic E-state index is 12.3. The van der Waals surface area contributed by atoms with Crippen LogP contribution < -0.4 is 5.56 Å². The van der Waals surface area contributed by atoms with Gasteiger partial charge >= 0.3 is 0 Å². The lowest BCUT2D eigenvalue weighted by Gasteiger charge is -2.05. The average Bonchev–Trinajstić information content (AvgIpc) is 3.15. The molecule has 4 rings (SSSR count). The van der Waals surface area contributed by atoms with E-state index in [2.05, 4.69) is 9.97 Å². The zero-order valence-electron chi connectivity index (χ0n) is 12.1. The Balaban J connectivity index is 1.65. The minimum Gasteiger partial charge on any atom is -0.305 e. The van der Waals surface area contributed by atoms with Crippen molar-refractivity contribution in [1.82, 2.24) is 18.9 Å². The molecule has 0 aliphatic heterocycles. The van der Waals surface area contributed by atoms with Crippen LogP contribution in [-0.2, 0) is 12.8 Å². The molecule has 0 aliphatic carbocycles. The van der Waals surface area contributed by atoms with Gasteiger partial charge in [0.25, 0.3) is 5.56 Å². The third-order valence-corrected chi connectivity index (χ3v) is 5.57. The van der Waals surface area contributed by atoms with Gasteiger partial charge in [-0.1, -0.05) is 23.4 Å². The van der Waals surface area contributed by atoms with Gasteiger partial charge in [0.05, 0.1) is 16.1 Å². The predicted molar refractivity (Wildman–Crippen MR) is 94.6 cm³/mol. The molecule has 0 spiro atoms. The summed E-state index contributed by atoms with van der Waals surface area (Å²) in [5.74, 6) is 0.635. The van der Waals surface area contributed by atoms with Crippen molar-refractivity contribution in [3.8, 4) is 0 Å². The number of rotatable bonds is 3. The second kappa shape index (κ2) is 5.67. The van der Waals surface area contributed by atoms with Gasteiger partial charge in [-0.05, 0) is 23.6 Å². The van der Waals surface area contributed by atoms with Gasteiger partial charge in [0.1, 0.15) is 10.5 Å². The first-order chi connectivity index (χ1) is 11.1. The molecule has 4 heterocycles. The van der Waals surface area contributed by atoms with E-state index in [1.807, 2.05) is 40.4 Å². The smallest absolute Gasteiger partial charge is 0.262 e. The summed E-state index contributed by atoms with van der Waals surface area (Å²) >= 11 is 8.96. The Morgan fingerprint density at radius 1 is 1.26 bits per heavy atom. The number of hydrogen-bond acceptors (Lipinski definition) is 5. The van der Waals surface area contributed by atoms with Gasteiger partial charge in [0, 0.05) is 25.2 Å². The summed E-state index contributed by atoms with van der Waals surface area (Å²) in [6, 6.07) is 5.51. The standard InChI is InChI=1S/C15H11ClN4OS2/c1-19-14(21)11-4-5-22-13(11)18-15(19)23-8-10-7-20-6-9(16)2-3-12(20)17-10/h2-7H,8H2,1H3. The van der Waals surface area contributed by atoms with Crippen molar-refractivity contribution < 1.29 is 0 Å². The Kier molecular flexibility index (Phi) is 3.63. The second-order valence-corrected chi connectivity index (χ2v) is 7.31. The first-order valence-corrected chi connectivity index (χ1v) is 9.06. The van der Waals surface area contributed by atoms with Crippen LogP contribution in [0.25, 0.3) is 15.9 Å². The van der Waals surface area contributed by atoms with Crippen LogP contribution in [0.3, 0.4) is 0 Å². The maximum absolute atomic E-state index is 12.3. The minimum atomic E-state index is -0.0134. The summed E-state index contributed by atoms with van der Waals surface area (Å²) in [6.07, 6.45) is 3.76. The Labute approximate surface area is 144 Å². The molecule has 23 heavy (non-hydrogen) atoms. The average molecular weight is 363 g/mol. The lowest BCUT2D eigenvalue weighted by Crippen LogP contribution is -2.19. The van der Waals surface area contributed by atoms with Crippen LogP contribution in [0, 0.1) is 0 Å². The highest BCUT2D eigenvalue weighted by molar-refractivity contribution is 7.98. The molecule has 5 nitrogen and oxygen atoms in total. The van der Waals surface area contributed by atoms with Gasteiger partial charge in [-0.15, -0.1) is 11.3 Å². The molecule has 0 unspecified atom stereocenters. The van der Waals surface area contributed by atoms with Crippen molar-refractivity contribution in [3.05, 3.63) is 57.0 Å². The molecule has 116 valence electrons. The zero-order valence-corrected chi connectivity index (χ0v) is 14.5. The summed E-state index contributed by atoms with van der Waals surface area (Å²) in [5.41, 5.74) is 1.75. The molecule has 4 aromatic rings. The van der Waals surface area contributed by atoms with E-state index in [-0.39, 0.29) is 5.56 Å². The highest BCUT2D eigenvalue weighted by atomic mass is 35.5. The van der Waals surface area contributed by atoms with Crippen molar-refractivity contribution in [2.75, 3.05) is 0 Å². The van der Waals surface area contributed by atoms with E-state index in [4.69, 9.17) is 11.6 Å². The van der Waals surface area contributed by atoms with Gasteiger partial charge in [0.15, 0.2) is 5.16 Å². The molecule has 0 saturated heterocycles. The Bertz CT molecular complexity index is 1080. The molecule has 0 fully saturated rings. The number of imidazole rings is 1. The Hall–Kier alpha value is -1.83. The lowest BCUT2D eigenvalue weighted by molar-refractivity contribution is 0.728. The number of nitrogens with zero attached hydrogens (tertiary/aromatic N) is 4. The summed E-state index contributed by atoms with van der Waals surface area (Å²) in [5, 5.41) is 3.92. The summed E-state index contributed by atoms with van der Waals surface area (Å²) < 4.78 is 3.49. The SMILES string of the molecule is Cn1c(SCc2cn3cc(Cl)ccc3n2)nc2sccc2c1=O. The first kappa shape index (κ1) is 14.7. The van der Waals surface area contributed by atoms with E-state index < -0.39 is 0 Å². The molecular formula is C15H11ClN4OS2. The summed E-state index contributed by atoms with van der Waals surface area (Å²) in [7, 11) is 1.75. The number of aromatic nitrogens is 4. The maximum Gasteiger partial charge on any atom is 0.262 e. The van der Waals surface area contributed by atoms with Crippen molar-refractivity contribution in [2.45, 2.75) is 10.9 Å². The second-order valence-electron chi connectivity index (χ2n) is 5.03. The van der Waals surface area contributed by atoms with Crippen LogP contribution in [0.15, 0.2) is 45.9 Å². The Morgan fingerprint density at radius 3 is 3.00 bits per heavy atom. The van der Waals surface area contributed by atoms with Gasteiger partial charge in [-0.25, -0.2) is 9.97 Å². The molecule has 0 aromatic carbocycles. The molecule has 8 heteroatoms. The van der Waals surface area contributed by atoms with Crippen LogP contribution in [-0.4, -0.2) is 18.9 Å². The van der Waals surface area contributed by atoms with E-state index >= 15 is 0 Å².